The molecule has 0 saturated carbocycles. The van der Waals surface area contributed by atoms with Crippen LogP contribution in [0.2, 0.25) is 0 Å². The van der Waals surface area contributed by atoms with Gasteiger partial charge in [0.2, 0.25) is 0 Å². The summed E-state index contributed by atoms with van der Waals surface area (Å²) < 4.78 is 2.17. The highest BCUT2D eigenvalue weighted by Crippen LogP contribution is 2.38. The van der Waals surface area contributed by atoms with Gasteiger partial charge in [-0.1, -0.05) is 56.1 Å². The molecule has 0 aromatic heterocycles. The molecule has 2 N–H and O–H groups in total. The van der Waals surface area contributed by atoms with Crippen molar-refractivity contribution in [2.75, 3.05) is 11.5 Å². The predicted molar refractivity (Wildman–Crippen MR) is 122 cm³/mol. The van der Waals surface area contributed by atoms with E-state index < -0.39 is 0 Å². The Labute approximate surface area is 179 Å². The Morgan fingerprint density at radius 2 is 1.81 bits per heavy atom. The molecule has 1 atom stereocenters. The maximum absolute atomic E-state index is 5.51. The van der Waals surface area contributed by atoms with Gasteiger partial charge in [-0.2, -0.15) is 11.8 Å². The van der Waals surface area contributed by atoms with Crippen LogP contribution in [0.3, 0.4) is 0 Å². The van der Waals surface area contributed by atoms with Gasteiger partial charge in [-0.25, -0.2) is 0 Å². The lowest BCUT2D eigenvalue weighted by atomic mass is 9.93. The SMILES string of the molecule is S=C1NC2=C(CSC/C2=C/c2cccc(Br)c2)[C@H](c2cccc(Br)c2)N1. The van der Waals surface area contributed by atoms with Crippen LogP contribution >= 0.6 is 55.8 Å². The van der Waals surface area contributed by atoms with Crippen molar-refractivity contribution in [3.05, 3.63) is 85.4 Å². The Kier molecular flexibility index (Phi) is 5.55. The molecule has 2 aliphatic rings. The molecule has 6 heteroatoms. The summed E-state index contributed by atoms with van der Waals surface area (Å²) in [6.45, 7) is 0. The first kappa shape index (κ1) is 18.3. The average Bonchev–Trinajstić information content (AvgIpc) is 2.62. The molecule has 2 aromatic rings. The van der Waals surface area contributed by atoms with Crippen LogP contribution in [0.15, 0.2) is 74.3 Å². The van der Waals surface area contributed by atoms with E-state index in [-0.39, 0.29) is 6.04 Å². The molecule has 0 amide bonds. The van der Waals surface area contributed by atoms with Crippen LogP contribution in [0.25, 0.3) is 6.08 Å². The number of rotatable bonds is 2. The first-order valence-corrected chi connectivity index (χ1v) is 11.4. The summed E-state index contributed by atoms with van der Waals surface area (Å²) >= 11 is 14.6. The number of hydrogen-bond donors (Lipinski definition) is 2. The van der Waals surface area contributed by atoms with Crippen molar-refractivity contribution >= 4 is 67.0 Å². The maximum atomic E-state index is 5.51. The summed E-state index contributed by atoms with van der Waals surface area (Å²) in [6.07, 6.45) is 2.26. The van der Waals surface area contributed by atoms with E-state index in [1.165, 1.54) is 28.0 Å². The molecule has 0 radical (unpaired) electrons. The number of thioether (sulfide) groups is 1. The lowest BCUT2D eigenvalue weighted by Crippen LogP contribution is -2.45. The van der Waals surface area contributed by atoms with Gasteiger partial charge in [0.1, 0.15) is 0 Å². The summed E-state index contributed by atoms with van der Waals surface area (Å²) in [4.78, 5) is 0. The zero-order valence-corrected chi connectivity index (χ0v) is 18.6. The lowest BCUT2D eigenvalue weighted by Gasteiger charge is -2.35. The molecular weight excluding hydrogens is 492 g/mol. The van der Waals surface area contributed by atoms with Gasteiger partial charge < -0.3 is 10.6 Å². The third-order valence-electron chi connectivity index (χ3n) is 4.39. The van der Waals surface area contributed by atoms with Crippen LogP contribution in [0.4, 0.5) is 0 Å². The molecule has 2 aromatic carbocycles. The van der Waals surface area contributed by atoms with Gasteiger partial charge in [0, 0.05) is 26.1 Å². The Bertz CT molecular complexity index is 937. The second kappa shape index (κ2) is 7.89. The van der Waals surface area contributed by atoms with Crippen molar-refractivity contribution in [1.29, 1.82) is 0 Å². The molecule has 2 heterocycles. The van der Waals surface area contributed by atoms with Crippen molar-refractivity contribution in [3.63, 3.8) is 0 Å². The minimum atomic E-state index is 0.106. The molecule has 0 bridgehead atoms. The van der Waals surface area contributed by atoms with E-state index >= 15 is 0 Å². The van der Waals surface area contributed by atoms with Crippen LogP contribution in [0.1, 0.15) is 17.2 Å². The number of thiocarbonyl (C=S) groups is 1. The second-order valence-electron chi connectivity index (χ2n) is 6.20. The number of nitrogens with one attached hydrogen (secondary N) is 2. The van der Waals surface area contributed by atoms with Crippen LogP contribution in [-0.4, -0.2) is 16.6 Å². The Morgan fingerprint density at radius 3 is 2.58 bits per heavy atom. The minimum Gasteiger partial charge on any atom is -0.352 e. The van der Waals surface area contributed by atoms with Gasteiger partial charge in [-0.05, 0) is 64.8 Å². The van der Waals surface area contributed by atoms with Crippen LogP contribution in [0, 0.1) is 0 Å². The molecule has 0 spiro atoms. The Morgan fingerprint density at radius 1 is 1.04 bits per heavy atom. The highest BCUT2D eigenvalue weighted by molar-refractivity contribution is 9.10. The highest BCUT2D eigenvalue weighted by atomic mass is 79.9. The number of benzene rings is 2. The average molecular weight is 508 g/mol. The molecule has 26 heavy (non-hydrogen) atoms. The van der Waals surface area contributed by atoms with E-state index in [1.54, 1.807) is 0 Å². The third-order valence-corrected chi connectivity index (χ3v) is 6.63. The molecule has 4 rings (SSSR count). The highest BCUT2D eigenvalue weighted by Gasteiger charge is 2.30. The fourth-order valence-corrected chi connectivity index (χ4v) is 5.39. The van der Waals surface area contributed by atoms with Crippen molar-refractivity contribution < 1.29 is 0 Å². The molecule has 132 valence electrons. The zero-order valence-electron chi connectivity index (χ0n) is 13.8. The van der Waals surface area contributed by atoms with E-state index in [0.29, 0.717) is 5.11 Å². The van der Waals surface area contributed by atoms with E-state index in [1.807, 2.05) is 23.9 Å². The second-order valence-corrected chi connectivity index (χ2v) is 9.43. The summed E-state index contributed by atoms with van der Waals surface area (Å²) in [5.41, 5.74) is 6.24. The molecular formula is C20H16Br2N2S2. The number of halogens is 2. The standard InChI is InChI=1S/C20H16Br2N2S2/c21-15-5-1-3-12(8-15)7-14-10-26-11-17-18(23-20(25)24-19(14)17)13-4-2-6-16(22)9-13/h1-9,18H,10-11H2,(H2,23,24,25)/b14-7-/t18-/m0/s1. The molecule has 0 unspecified atom stereocenters. The fraction of sp³-hybridized carbons (Fsp3) is 0.150. The molecule has 0 aliphatic carbocycles. The van der Waals surface area contributed by atoms with Gasteiger partial charge in [-0.3, -0.25) is 0 Å². The summed E-state index contributed by atoms with van der Waals surface area (Å²) in [5.74, 6) is 1.97. The van der Waals surface area contributed by atoms with Crippen LogP contribution in [-0.2, 0) is 0 Å². The summed E-state index contributed by atoms with van der Waals surface area (Å²) in [5, 5.41) is 7.54. The van der Waals surface area contributed by atoms with Gasteiger partial charge in [0.25, 0.3) is 0 Å². The lowest BCUT2D eigenvalue weighted by molar-refractivity contribution is 0.694. The van der Waals surface area contributed by atoms with Gasteiger partial charge in [0.05, 0.1) is 6.04 Å². The molecule has 0 fully saturated rings. The number of hydrogen-bond acceptors (Lipinski definition) is 2. The normalized spacial score (nSPS) is 21.2. The van der Waals surface area contributed by atoms with Gasteiger partial charge in [-0.15, -0.1) is 0 Å². The van der Waals surface area contributed by atoms with E-state index in [4.69, 9.17) is 12.2 Å². The van der Waals surface area contributed by atoms with Crippen molar-refractivity contribution in [2.45, 2.75) is 6.04 Å². The topological polar surface area (TPSA) is 24.1 Å². The smallest absolute Gasteiger partial charge is 0.171 e. The molecule has 0 saturated heterocycles. The quantitative estimate of drug-likeness (QED) is 0.500. The zero-order chi connectivity index (χ0) is 18.1. The van der Waals surface area contributed by atoms with Crippen molar-refractivity contribution in [3.8, 4) is 0 Å². The summed E-state index contributed by atoms with van der Waals surface area (Å²) in [6, 6.07) is 16.9. The van der Waals surface area contributed by atoms with Crippen LogP contribution < -0.4 is 10.6 Å². The Balaban J connectivity index is 1.78. The molecule has 2 nitrogen and oxygen atoms in total. The minimum absolute atomic E-state index is 0.106. The van der Waals surface area contributed by atoms with Crippen molar-refractivity contribution in [1.82, 2.24) is 10.6 Å². The van der Waals surface area contributed by atoms with Gasteiger partial charge in [0.15, 0.2) is 5.11 Å². The van der Waals surface area contributed by atoms with E-state index in [0.717, 1.165) is 20.5 Å². The molecule has 2 aliphatic heterocycles. The monoisotopic (exact) mass is 506 g/mol. The first-order chi connectivity index (χ1) is 12.6. The van der Waals surface area contributed by atoms with E-state index in [2.05, 4.69) is 85.0 Å². The van der Waals surface area contributed by atoms with Crippen LogP contribution in [0.5, 0.6) is 0 Å². The Hall–Kier alpha value is -1.08. The maximum Gasteiger partial charge on any atom is 0.171 e. The van der Waals surface area contributed by atoms with Crippen molar-refractivity contribution in [2.24, 2.45) is 0 Å². The third kappa shape index (κ3) is 3.93. The van der Waals surface area contributed by atoms with Gasteiger partial charge >= 0.3 is 0 Å². The first-order valence-electron chi connectivity index (χ1n) is 8.20. The fourth-order valence-electron chi connectivity index (χ4n) is 3.26. The summed E-state index contributed by atoms with van der Waals surface area (Å²) in [7, 11) is 0. The largest absolute Gasteiger partial charge is 0.352 e. The predicted octanol–water partition coefficient (Wildman–Crippen LogP) is 5.81. The number of allylic oxidation sites excluding steroid dienone is 1. The van der Waals surface area contributed by atoms with E-state index in [9.17, 15) is 0 Å².